The van der Waals surface area contributed by atoms with E-state index in [1.165, 1.54) is 35.7 Å². The first-order valence-electron chi connectivity index (χ1n) is 9.95. The lowest BCUT2D eigenvalue weighted by atomic mass is 10.1. The number of hydrogen-bond acceptors (Lipinski definition) is 6. The third kappa shape index (κ3) is 4.02. The third-order valence-electron chi connectivity index (χ3n) is 5.49. The average molecular weight is 455 g/mol. The summed E-state index contributed by atoms with van der Waals surface area (Å²) in [5.41, 5.74) is -0.351. The Hall–Kier alpha value is -3.50. The van der Waals surface area contributed by atoms with Crippen LogP contribution >= 0.6 is 0 Å². The number of carbonyl (C=O) groups excluding carboxylic acids is 1. The predicted octanol–water partition coefficient (Wildman–Crippen LogP) is 3.55. The fraction of sp³-hybridized carbons (Fsp3) is 0.227. The van der Waals surface area contributed by atoms with Crippen LogP contribution in [0.4, 0.5) is 11.4 Å². The van der Waals surface area contributed by atoms with Crippen molar-refractivity contribution in [3.8, 4) is 5.75 Å². The van der Waals surface area contributed by atoms with Crippen molar-refractivity contribution in [3.05, 3.63) is 70.8 Å². The van der Waals surface area contributed by atoms with Crippen molar-refractivity contribution >= 4 is 38.1 Å². The normalized spacial score (nSPS) is 16.7. The van der Waals surface area contributed by atoms with Gasteiger partial charge in [0.1, 0.15) is 17.5 Å². The molecule has 0 spiro atoms. The molecule has 1 saturated heterocycles. The summed E-state index contributed by atoms with van der Waals surface area (Å²) in [5.74, 6) is -0.337. The Balaban J connectivity index is 1.61. The zero-order valence-corrected chi connectivity index (χ0v) is 18.0. The zero-order chi connectivity index (χ0) is 22.9. The SMILES string of the molecule is COc1ccc(NC(=O)[C@@H]2CCCN2S(=O)(=O)c2ccc3ccccc3c2)c([N+](=O)[O-])c1. The monoisotopic (exact) mass is 455 g/mol. The maximum atomic E-state index is 13.3. The first-order valence-corrected chi connectivity index (χ1v) is 11.4. The third-order valence-corrected chi connectivity index (χ3v) is 7.40. The molecule has 166 valence electrons. The number of nitrogens with zero attached hydrogens (tertiary/aromatic N) is 2. The highest BCUT2D eigenvalue weighted by Crippen LogP contribution is 2.32. The Labute approximate surface area is 184 Å². The van der Waals surface area contributed by atoms with Gasteiger partial charge in [0.05, 0.1) is 23.0 Å². The van der Waals surface area contributed by atoms with Gasteiger partial charge in [0, 0.05) is 6.54 Å². The van der Waals surface area contributed by atoms with Crippen molar-refractivity contribution < 1.29 is 22.9 Å². The van der Waals surface area contributed by atoms with Crippen LogP contribution in [-0.4, -0.2) is 43.2 Å². The quantitative estimate of drug-likeness (QED) is 0.448. The van der Waals surface area contributed by atoms with Gasteiger partial charge in [0.15, 0.2) is 0 Å². The minimum Gasteiger partial charge on any atom is -0.496 e. The smallest absolute Gasteiger partial charge is 0.296 e. The summed E-state index contributed by atoms with van der Waals surface area (Å²) in [4.78, 5) is 23.8. The number of amides is 1. The summed E-state index contributed by atoms with van der Waals surface area (Å²) in [6.07, 6.45) is 0.832. The second-order valence-electron chi connectivity index (χ2n) is 7.41. The number of anilines is 1. The highest BCUT2D eigenvalue weighted by atomic mass is 32.2. The first-order chi connectivity index (χ1) is 15.3. The molecule has 1 fully saturated rings. The van der Waals surface area contributed by atoms with Gasteiger partial charge in [0.2, 0.25) is 15.9 Å². The number of nitro benzene ring substituents is 1. The van der Waals surface area contributed by atoms with E-state index in [9.17, 15) is 23.3 Å². The van der Waals surface area contributed by atoms with Crippen LogP contribution in [-0.2, 0) is 14.8 Å². The minimum atomic E-state index is -3.94. The van der Waals surface area contributed by atoms with E-state index in [0.29, 0.717) is 12.8 Å². The molecule has 1 amide bonds. The number of nitrogens with one attached hydrogen (secondary N) is 1. The molecule has 3 aromatic carbocycles. The van der Waals surface area contributed by atoms with Crippen LogP contribution in [0.25, 0.3) is 10.8 Å². The summed E-state index contributed by atoms with van der Waals surface area (Å²) in [5, 5.41) is 15.6. The molecule has 9 nitrogen and oxygen atoms in total. The van der Waals surface area contributed by atoms with Crippen molar-refractivity contribution in [3.63, 3.8) is 0 Å². The standard InChI is InChI=1S/C22H21N3O6S/c1-31-17-9-11-19(21(14-17)25(27)28)23-22(26)20-7-4-12-24(20)32(29,30)18-10-8-15-5-2-3-6-16(15)13-18/h2-3,5-6,8-11,13-14,20H,4,7,12H2,1H3,(H,23,26)/t20-/m0/s1. The van der Waals surface area contributed by atoms with Crippen LogP contribution in [0.2, 0.25) is 0 Å². The fourth-order valence-corrected chi connectivity index (χ4v) is 5.56. The van der Waals surface area contributed by atoms with Gasteiger partial charge in [-0.2, -0.15) is 4.31 Å². The maximum Gasteiger partial charge on any atom is 0.296 e. The van der Waals surface area contributed by atoms with Gasteiger partial charge in [0.25, 0.3) is 5.69 Å². The molecule has 0 bridgehead atoms. The highest BCUT2D eigenvalue weighted by molar-refractivity contribution is 7.89. The Morgan fingerprint density at radius 2 is 1.88 bits per heavy atom. The number of hydrogen-bond donors (Lipinski definition) is 1. The number of carbonyl (C=O) groups is 1. The molecular weight excluding hydrogens is 434 g/mol. The lowest BCUT2D eigenvalue weighted by Gasteiger charge is -2.23. The molecule has 0 saturated carbocycles. The van der Waals surface area contributed by atoms with Gasteiger partial charge >= 0.3 is 0 Å². The van der Waals surface area contributed by atoms with Crippen LogP contribution in [0.1, 0.15) is 12.8 Å². The largest absolute Gasteiger partial charge is 0.496 e. The van der Waals surface area contributed by atoms with E-state index in [4.69, 9.17) is 4.74 Å². The van der Waals surface area contributed by atoms with Gasteiger partial charge in [-0.1, -0.05) is 30.3 Å². The Morgan fingerprint density at radius 1 is 1.12 bits per heavy atom. The van der Waals surface area contributed by atoms with E-state index < -0.39 is 26.9 Å². The number of benzene rings is 3. The molecule has 1 aliphatic rings. The lowest BCUT2D eigenvalue weighted by molar-refractivity contribution is -0.384. The van der Waals surface area contributed by atoms with Crippen molar-refractivity contribution in [1.82, 2.24) is 4.31 Å². The molecule has 1 aliphatic heterocycles. The average Bonchev–Trinajstić information content (AvgIpc) is 3.30. The molecule has 0 aromatic heterocycles. The molecular formula is C22H21N3O6S. The van der Waals surface area contributed by atoms with Crippen LogP contribution in [0.3, 0.4) is 0 Å². The Kier molecular flexibility index (Phi) is 5.81. The fourth-order valence-electron chi connectivity index (χ4n) is 3.86. The number of nitro groups is 1. The second kappa shape index (κ2) is 8.56. The van der Waals surface area contributed by atoms with Gasteiger partial charge in [-0.05, 0) is 47.9 Å². The first kappa shape index (κ1) is 21.7. The van der Waals surface area contributed by atoms with E-state index >= 15 is 0 Å². The molecule has 1 heterocycles. The predicted molar refractivity (Wildman–Crippen MR) is 119 cm³/mol. The summed E-state index contributed by atoms with van der Waals surface area (Å²) in [6, 6.07) is 15.3. The number of sulfonamides is 1. The van der Waals surface area contributed by atoms with Crippen molar-refractivity contribution in [2.24, 2.45) is 0 Å². The highest BCUT2D eigenvalue weighted by Gasteiger charge is 2.40. The zero-order valence-electron chi connectivity index (χ0n) is 17.2. The topological polar surface area (TPSA) is 119 Å². The molecule has 0 unspecified atom stereocenters. The summed E-state index contributed by atoms with van der Waals surface area (Å²) >= 11 is 0. The van der Waals surface area contributed by atoms with Gasteiger partial charge in [-0.15, -0.1) is 0 Å². The van der Waals surface area contributed by atoms with Crippen LogP contribution < -0.4 is 10.1 Å². The molecule has 1 atom stereocenters. The van der Waals surface area contributed by atoms with Gasteiger partial charge < -0.3 is 10.1 Å². The Morgan fingerprint density at radius 3 is 2.59 bits per heavy atom. The number of ether oxygens (including phenoxy) is 1. The molecule has 32 heavy (non-hydrogen) atoms. The summed E-state index contributed by atoms with van der Waals surface area (Å²) in [7, 11) is -2.55. The number of methoxy groups -OCH3 is 1. The minimum absolute atomic E-state index is 0.0178. The van der Waals surface area contributed by atoms with Crippen molar-refractivity contribution in [2.45, 2.75) is 23.8 Å². The second-order valence-corrected chi connectivity index (χ2v) is 9.30. The van der Waals surface area contributed by atoms with Crippen molar-refractivity contribution in [1.29, 1.82) is 0 Å². The molecule has 0 aliphatic carbocycles. The maximum absolute atomic E-state index is 13.3. The molecule has 0 radical (unpaired) electrons. The molecule has 4 rings (SSSR count). The van der Waals surface area contributed by atoms with Crippen LogP contribution in [0.5, 0.6) is 5.75 Å². The molecule has 3 aromatic rings. The van der Waals surface area contributed by atoms with Crippen molar-refractivity contribution in [2.75, 3.05) is 19.0 Å². The van der Waals surface area contributed by atoms with E-state index in [-0.39, 0.29) is 28.6 Å². The Bertz CT molecular complexity index is 1310. The van der Waals surface area contributed by atoms with Crippen LogP contribution in [0.15, 0.2) is 65.6 Å². The summed E-state index contributed by atoms with van der Waals surface area (Å²) in [6.45, 7) is 0.192. The number of fused-ring (bicyclic) bond motifs is 1. The van der Waals surface area contributed by atoms with E-state index in [1.807, 2.05) is 24.3 Å². The summed E-state index contributed by atoms with van der Waals surface area (Å²) < 4.78 is 32.8. The van der Waals surface area contributed by atoms with Gasteiger partial charge in [-0.25, -0.2) is 8.42 Å². The lowest BCUT2D eigenvalue weighted by Crippen LogP contribution is -2.43. The number of rotatable bonds is 6. The van der Waals surface area contributed by atoms with Gasteiger partial charge in [-0.3, -0.25) is 14.9 Å². The van der Waals surface area contributed by atoms with E-state index in [1.54, 1.807) is 12.1 Å². The van der Waals surface area contributed by atoms with Crippen LogP contribution in [0, 0.1) is 10.1 Å². The molecule has 1 N–H and O–H groups in total. The van der Waals surface area contributed by atoms with E-state index in [2.05, 4.69) is 5.32 Å². The van der Waals surface area contributed by atoms with E-state index in [0.717, 1.165) is 10.8 Å². The molecule has 10 heteroatoms.